The molecule has 1 aromatic carbocycles. The van der Waals surface area contributed by atoms with Crippen molar-refractivity contribution in [2.75, 3.05) is 0 Å². The molecular formula is C15H16FNO3S. The van der Waals surface area contributed by atoms with Crippen LogP contribution in [-0.4, -0.2) is 24.0 Å². The van der Waals surface area contributed by atoms with E-state index in [1.54, 1.807) is 0 Å². The Labute approximate surface area is 123 Å². The average Bonchev–Trinajstić information content (AvgIpc) is 2.41. The molecule has 0 aromatic heterocycles. The molecule has 0 amide bonds. The monoisotopic (exact) mass is 309 g/mol. The Kier molecular flexibility index (Phi) is 3.30. The van der Waals surface area contributed by atoms with Crippen molar-refractivity contribution in [1.29, 1.82) is 5.26 Å². The second-order valence-corrected chi connectivity index (χ2v) is 8.52. The molecule has 3 rings (SSSR count). The fourth-order valence-corrected chi connectivity index (χ4v) is 6.22. The molecule has 2 bridgehead atoms. The lowest BCUT2D eigenvalue weighted by molar-refractivity contribution is 0.00451. The van der Waals surface area contributed by atoms with Crippen LogP contribution < -0.4 is 0 Å². The van der Waals surface area contributed by atoms with E-state index in [9.17, 15) is 17.9 Å². The molecule has 0 saturated carbocycles. The van der Waals surface area contributed by atoms with E-state index < -0.39 is 31.8 Å². The van der Waals surface area contributed by atoms with Crippen LogP contribution in [0.2, 0.25) is 0 Å². The number of nitriles is 1. The molecule has 1 N–H and O–H groups in total. The summed E-state index contributed by atoms with van der Waals surface area (Å²) in [5.41, 5.74) is -1.01. The van der Waals surface area contributed by atoms with Gasteiger partial charge in [0.2, 0.25) is 0 Å². The zero-order valence-corrected chi connectivity index (χ0v) is 12.2. The van der Waals surface area contributed by atoms with Crippen LogP contribution in [-0.2, 0) is 15.4 Å². The molecule has 2 aliphatic heterocycles. The first-order valence-electron chi connectivity index (χ1n) is 7.02. The van der Waals surface area contributed by atoms with Gasteiger partial charge >= 0.3 is 0 Å². The summed E-state index contributed by atoms with van der Waals surface area (Å²) in [6, 6.07) is 5.62. The molecule has 1 aromatic rings. The molecule has 2 unspecified atom stereocenters. The maximum Gasteiger partial charge on any atom is 0.156 e. The highest BCUT2D eigenvalue weighted by atomic mass is 32.2. The van der Waals surface area contributed by atoms with Gasteiger partial charge in [0.15, 0.2) is 9.84 Å². The molecule has 21 heavy (non-hydrogen) atoms. The quantitative estimate of drug-likeness (QED) is 0.861. The largest absolute Gasteiger partial charge is 0.385 e. The van der Waals surface area contributed by atoms with Gasteiger partial charge in [0.05, 0.1) is 27.7 Å². The highest BCUT2D eigenvalue weighted by Gasteiger charge is 2.51. The van der Waals surface area contributed by atoms with Crippen LogP contribution in [0.4, 0.5) is 4.39 Å². The summed E-state index contributed by atoms with van der Waals surface area (Å²) in [7, 11) is -3.21. The molecule has 2 saturated heterocycles. The molecule has 0 aliphatic carbocycles. The lowest BCUT2D eigenvalue weighted by Gasteiger charge is -2.44. The summed E-state index contributed by atoms with van der Waals surface area (Å²) in [5.74, 6) is -0.531. The molecule has 6 heteroatoms. The standard InChI is InChI=1S/C15H16FNO3S/c16-11-5-4-10(9-17)14(6-11)15(18)7-12-2-1-3-13(8-15)21(12,19)20/h4-6,12-13,18H,1-3,7-8H2. The second-order valence-electron chi connectivity index (χ2n) is 6.01. The number of hydrogen-bond acceptors (Lipinski definition) is 4. The minimum atomic E-state index is -3.21. The van der Waals surface area contributed by atoms with Gasteiger partial charge in [-0.1, -0.05) is 6.42 Å². The summed E-state index contributed by atoms with van der Waals surface area (Å²) in [6.45, 7) is 0. The third kappa shape index (κ3) is 2.25. The van der Waals surface area contributed by atoms with E-state index in [2.05, 4.69) is 0 Å². The Morgan fingerprint density at radius 3 is 2.48 bits per heavy atom. The van der Waals surface area contributed by atoms with Crippen LogP contribution in [0.5, 0.6) is 0 Å². The normalized spacial score (nSPS) is 34.1. The fourth-order valence-electron chi connectivity index (χ4n) is 3.67. The average molecular weight is 309 g/mol. The first-order chi connectivity index (χ1) is 9.87. The molecule has 2 heterocycles. The van der Waals surface area contributed by atoms with Gasteiger partial charge in [0, 0.05) is 5.56 Å². The van der Waals surface area contributed by atoms with Gasteiger partial charge in [-0.15, -0.1) is 0 Å². The summed E-state index contributed by atoms with van der Waals surface area (Å²) in [6.07, 6.45) is 1.98. The summed E-state index contributed by atoms with van der Waals surface area (Å²) in [4.78, 5) is 0. The van der Waals surface area contributed by atoms with Crippen LogP contribution in [0.15, 0.2) is 18.2 Å². The number of benzene rings is 1. The number of hydrogen-bond donors (Lipinski definition) is 1. The van der Waals surface area contributed by atoms with Crippen molar-refractivity contribution in [2.24, 2.45) is 0 Å². The van der Waals surface area contributed by atoms with Gasteiger partial charge in [0.1, 0.15) is 5.82 Å². The minimum absolute atomic E-state index is 0.0456. The SMILES string of the molecule is N#Cc1ccc(F)cc1C1(O)CC2CCCC(C1)S2(=O)=O. The van der Waals surface area contributed by atoms with E-state index in [1.165, 1.54) is 12.1 Å². The zero-order chi connectivity index (χ0) is 15.3. The van der Waals surface area contributed by atoms with Crippen molar-refractivity contribution in [3.05, 3.63) is 35.1 Å². The molecule has 2 aliphatic rings. The smallest absolute Gasteiger partial charge is 0.156 e. The third-order valence-electron chi connectivity index (χ3n) is 4.72. The number of sulfone groups is 1. The van der Waals surface area contributed by atoms with Gasteiger partial charge in [0.25, 0.3) is 0 Å². The maximum atomic E-state index is 13.5. The molecule has 0 radical (unpaired) electrons. The number of rotatable bonds is 1. The molecule has 4 nitrogen and oxygen atoms in total. The first kappa shape index (κ1) is 14.5. The first-order valence-corrected chi connectivity index (χ1v) is 8.63. The van der Waals surface area contributed by atoms with Crippen LogP contribution in [0.25, 0.3) is 0 Å². The van der Waals surface area contributed by atoms with Crippen LogP contribution in [0, 0.1) is 17.1 Å². The van der Waals surface area contributed by atoms with E-state index in [1.807, 2.05) is 6.07 Å². The van der Waals surface area contributed by atoms with Crippen LogP contribution in [0.3, 0.4) is 0 Å². The third-order valence-corrected chi connectivity index (χ3v) is 7.38. The van der Waals surface area contributed by atoms with Crippen molar-refractivity contribution in [3.8, 4) is 6.07 Å². The molecule has 2 fully saturated rings. The fraction of sp³-hybridized carbons (Fsp3) is 0.533. The van der Waals surface area contributed by atoms with Crippen LogP contribution >= 0.6 is 0 Å². The molecular weight excluding hydrogens is 293 g/mol. The zero-order valence-electron chi connectivity index (χ0n) is 11.4. The second kappa shape index (κ2) is 4.79. The Bertz CT molecular complexity index is 703. The topological polar surface area (TPSA) is 78.2 Å². The van der Waals surface area contributed by atoms with E-state index in [-0.39, 0.29) is 24.0 Å². The Morgan fingerprint density at radius 2 is 1.90 bits per heavy atom. The van der Waals surface area contributed by atoms with Crippen molar-refractivity contribution >= 4 is 9.84 Å². The lowest BCUT2D eigenvalue weighted by atomic mass is 9.79. The Morgan fingerprint density at radius 1 is 1.29 bits per heavy atom. The predicted molar refractivity (Wildman–Crippen MR) is 74.6 cm³/mol. The summed E-state index contributed by atoms with van der Waals surface area (Å²) >= 11 is 0. The van der Waals surface area contributed by atoms with Crippen molar-refractivity contribution in [3.63, 3.8) is 0 Å². The summed E-state index contributed by atoms with van der Waals surface area (Å²) in [5, 5.41) is 18.9. The number of halogens is 1. The van der Waals surface area contributed by atoms with Gasteiger partial charge in [-0.25, -0.2) is 12.8 Å². The lowest BCUT2D eigenvalue weighted by Crippen LogP contribution is -2.50. The van der Waals surface area contributed by atoms with E-state index >= 15 is 0 Å². The van der Waals surface area contributed by atoms with Crippen molar-refractivity contribution in [1.82, 2.24) is 0 Å². The minimum Gasteiger partial charge on any atom is -0.385 e. The van der Waals surface area contributed by atoms with Gasteiger partial charge in [-0.2, -0.15) is 5.26 Å². The van der Waals surface area contributed by atoms with Gasteiger partial charge in [-0.05, 0) is 43.9 Å². The van der Waals surface area contributed by atoms with Gasteiger partial charge in [-0.3, -0.25) is 0 Å². The van der Waals surface area contributed by atoms with Crippen LogP contribution in [0.1, 0.15) is 43.2 Å². The van der Waals surface area contributed by atoms with Crippen molar-refractivity contribution < 1.29 is 17.9 Å². The Balaban J connectivity index is 2.08. The van der Waals surface area contributed by atoms with E-state index in [0.29, 0.717) is 12.8 Å². The van der Waals surface area contributed by atoms with E-state index in [4.69, 9.17) is 5.26 Å². The Hall–Kier alpha value is -1.45. The number of aliphatic hydroxyl groups is 1. The predicted octanol–water partition coefficient (Wildman–Crippen LogP) is 2.01. The molecule has 2 atom stereocenters. The summed E-state index contributed by atoms with van der Waals surface area (Å²) < 4.78 is 38.1. The number of fused-ring (bicyclic) bond motifs is 2. The molecule has 0 spiro atoms. The number of nitrogens with zero attached hydrogens (tertiary/aromatic N) is 1. The van der Waals surface area contributed by atoms with Crippen molar-refractivity contribution in [2.45, 2.75) is 48.2 Å². The maximum absolute atomic E-state index is 13.5. The highest BCUT2D eigenvalue weighted by Crippen LogP contribution is 2.46. The molecule has 112 valence electrons. The van der Waals surface area contributed by atoms with Gasteiger partial charge < -0.3 is 5.11 Å². The van der Waals surface area contributed by atoms with E-state index in [0.717, 1.165) is 12.5 Å². The highest BCUT2D eigenvalue weighted by molar-refractivity contribution is 7.92.